The van der Waals surface area contributed by atoms with Gasteiger partial charge in [-0.05, 0) is 12.5 Å². The summed E-state index contributed by atoms with van der Waals surface area (Å²) < 4.78 is 1.21. The second kappa shape index (κ2) is 4.58. The normalized spacial score (nSPS) is 10.7. The van der Waals surface area contributed by atoms with E-state index >= 15 is 0 Å². The molecule has 1 aromatic heterocycles. The summed E-state index contributed by atoms with van der Waals surface area (Å²) in [5.41, 5.74) is 0.907. The minimum atomic E-state index is 0.286. The van der Waals surface area contributed by atoms with E-state index in [9.17, 15) is 4.79 Å². The lowest BCUT2D eigenvalue weighted by atomic mass is 10.1. The number of rotatable bonds is 4. The Hall–Kier alpha value is -1.15. The molecule has 0 bridgehead atoms. The molecule has 0 fully saturated rings. The zero-order chi connectivity index (χ0) is 10.7. The molecule has 0 unspecified atom stereocenters. The van der Waals surface area contributed by atoms with Crippen molar-refractivity contribution in [3.8, 4) is 0 Å². The van der Waals surface area contributed by atoms with Crippen LogP contribution in [-0.2, 0) is 0 Å². The molecule has 1 heterocycles. The second-order valence-corrected chi connectivity index (χ2v) is 4.58. The van der Waals surface area contributed by atoms with Gasteiger partial charge in [-0.25, -0.2) is 0 Å². The highest BCUT2D eigenvalue weighted by molar-refractivity contribution is 7.17. The first-order chi connectivity index (χ1) is 7.33. The molecule has 0 amide bonds. The van der Waals surface area contributed by atoms with Crippen LogP contribution in [0.5, 0.6) is 0 Å². The molecule has 0 spiro atoms. The standard InChI is InChI=1S/C13H14OS/c1-2-3-7-12(14)11-9-15-13-8-5-4-6-10(11)13/h4-6,8-9H,2-3,7H2,1H3. The van der Waals surface area contributed by atoms with Crippen LogP contribution in [0.15, 0.2) is 29.6 Å². The first kappa shape index (κ1) is 10.4. The molecule has 0 aliphatic heterocycles. The van der Waals surface area contributed by atoms with Crippen LogP contribution in [0.3, 0.4) is 0 Å². The van der Waals surface area contributed by atoms with Crippen LogP contribution in [0, 0.1) is 0 Å². The van der Waals surface area contributed by atoms with Crippen molar-refractivity contribution in [2.24, 2.45) is 0 Å². The van der Waals surface area contributed by atoms with Gasteiger partial charge in [-0.1, -0.05) is 31.5 Å². The number of thiophene rings is 1. The fraction of sp³-hybridized carbons (Fsp3) is 0.308. The molecular formula is C13H14OS. The zero-order valence-electron chi connectivity index (χ0n) is 8.82. The first-order valence-corrected chi connectivity index (χ1v) is 6.20. The van der Waals surface area contributed by atoms with E-state index in [2.05, 4.69) is 13.0 Å². The number of hydrogen-bond acceptors (Lipinski definition) is 2. The van der Waals surface area contributed by atoms with Crippen molar-refractivity contribution in [1.29, 1.82) is 0 Å². The lowest BCUT2D eigenvalue weighted by molar-refractivity contribution is 0.0982. The van der Waals surface area contributed by atoms with Crippen molar-refractivity contribution in [3.05, 3.63) is 35.2 Å². The van der Waals surface area contributed by atoms with E-state index < -0.39 is 0 Å². The van der Waals surface area contributed by atoms with Crippen LogP contribution in [0.1, 0.15) is 36.5 Å². The highest BCUT2D eigenvalue weighted by Gasteiger charge is 2.10. The van der Waals surface area contributed by atoms with E-state index in [0.29, 0.717) is 6.42 Å². The molecule has 1 nitrogen and oxygen atoms in total. The van der Waals surface area contributed by atoms with Gasteiger partial charge in [0.25, 0.3) is 0 Å². The minimum absolute atomic E-state index is 0.286. The second-order valence-electron chi connectivity index (χ2n) is 3.67. The van der Waals surface area contributed by atoms with Crippen molar-refractivity contribution >= 4 is 27.2 Å². The zero-order valence-corrected chi connectivity index (χ0v) is 9.64. The molecule has 2 rings (SSSR count). The Bertz CT molecular complexity index is 470. The molecule has 2 heteroatoms. The maximum atomic E-state index is 11.9. The fourth-order valence-electron chi connectivity index (χ4n) is 1.67. The van der Waals surface area contributed by atoms with Gasteiger partial charge in [0.1, 0.15) is 0 Å². The van der Waals surface area contributed by atoms with Crippen LogP contribution >= 0.6 is 11.3 Å². The summed E-state index contributed by atoms with van der Waals surface area (Å²) in [6, 6.07) is 8.10. The Morgan fingerprint density at radius 2 is 2.13 bits per heavy atom. The van der Waals surface area contributed by atoms with Gasteiger partial charge in [0.15, 0.2) is 5.78 Å². The molecule has 0 radical (unpaired) electrons. The molecule has 0 aliphatic rings. The van der Waals surface area contributed by atoms with Gasteiger partial charge in [-0.2, -0.15) is 0 Å². The summed E-state index contributed by atoms with van der Waals surface area (Å²) in [4.78, 5) is 11.9. The highest BCUT2D eigenvalue weighted by Crippen LogP contribution is 2.26. The molecule has 0 aliphatic carbocycles. The van der Waals surface area contributed by atoms with Crippen LogP contribution in [0.2, 0.25) is 0 Å². The Balaban J connectivity index is 2.31. The quantitative estimate of drug-likeness (QED) is 0.700. The monoisotopic (exact) mass is 218 g/mol. The summed E-state index contributed by atoms with van der Waals surface area (Å²) in [6.07, 6.45) is 2.74. The predicted octanol–water partition coefficient (Wildman–Crippen LogP) is 4.27. The first-order valence-electron chi connectivity index (χ1n) is 5.32. The van der Waals surface area contributed by atoms with E-state index in [0.717, 1.165) is 23.8 Å². The predicted molar refractivity (Wildman–Crippen MR) is 65.7 cm³/mol. The van der Waals surface area contributed by atoms with E-state index in [1.807, 2.05) is 23.6 Å². The number of hydrogen-bond donors (Lipinski definition) is 0. The number of unbranched alkanes of at least 4 members (excludes halogenated alkanes) is 1. The Morgan fingerprint density at radius 1 is 1.33 bits per heavy atom. The van der Waals surface area contributed by atoms with Gasteiger partial charge in [0.05, 0.1) is 0 Å². The van der Waals surface area contributed by atoms with Crippen molar-refractivity contribution in [3.63, 3.8) is 0 Å². The summed E-state index contributed by atoms with van der Waals surface area (Å²) >= 11 is 1.65. The van der Waals surface area contributed by atoms with Gasteiger partial charge in [-0.3, -0.25) is 4.79 Å². The van der Waals surface area contributed by atoms with Crippen LogP contribution in [0.25, 0.3) is 10.1 Å². The summed E-state index contributed by atoms with van der Waals surface area (Å²) in [6.45, 7) is 2.11. The molecule has 78 valence electrons. The number of carbonyl (C=O) groups excluding carboxylic acids is 1. The molecule has 0 N–H and O–H groups in total. The Kier molecular flexibility index (Phi) is 3.17. The van der Waals surface area contributed by atoms with Gasteiger partial charge >= 0.3 is 0 Å². The number of benzene rings is 1. The van der Waals surface area contributed by atoms with Gasteiger partial charge in [-0.15, -0.1) is 11.3 Å². The van der Waals surface area contributed by atoms with Gasteiger partial charge < -0.3 is 0 Å². The third-order valence-electron chi connectivity index (χ3n) is 2.54. The lowest BCUT2D eigenvalue weighted by Crippen LogP contribution is -1.96. The van der Waals surface area contributed by atoms with E-state index in [-0.39, 0.29) is 5.78 Å². The van der Waals surface area contributed by atoms with Gasteiger partial charge in [0, 0.05) is 27.5 Å². The fourth-order valence-corrected chi connectivity index (χ4v) is 2.63. The SMILES string of the molecule is CCCCC(=O)c1csc2ccccc12. The van der Waals surface area contributed by atoms with E-state index in [4.69, 9.17) is 0 Å². The van der Waals surface area contributed by atoms with Crippen LogP contribution < -0.4 is 0 Å². The van der Waals surface area contributed by atoms with Crippen LogP contribution in [-0.4, -0.2) is 5.78 Å². The summed E-state index contributed by atoms with van der Waals surface area (Å²) in [7, 11) is 0. The highest BCUT2D eigenvalue weighted by atomic mass is 32.1. The van der Waals surface area contributed by atoms with Crippen LogP contribution in [0.4, 0.5) is 0 Å². The average molecular weight is 218 g/mol. The third-order valence-corrected chi connectivity index (χ3v) is 3.50. The summed E-state index contributed by atoms with van der Waals surface area (Å²) in [5, 5.41) is 3.10. The minimum Gasteiger partial charge on any atom is -0.294 e. The van der Waals surface area contributed by atoms with Crippen molar-refractivity contribution in [2.45, 2.75) is 26.2 Å². The number of fused-ring (bicyclic) bond motifs is 1. The number of ketones is 1. The molecular weight excluding hydrogens is 204 g/mol. The Labute approximate surface area is 93.7 Å². The molecule has 1 aromatic carbocycles. The number of carbonyl (C=O) groups is 1. The molecule has 0 saturated carbocycles. The van der Waals surface area contributed by atoms with E-state index in [1.165, 1.54) is 4.70 Å². The molecule has 0 atom stereocenters. The molecule has 2 aromatic rings. The van der Waals surface area contributed by atoms with Crippen molar-refractivity contribution < 1.29 is 4.79 Å². The maximum Gasteiger partial charge on any atom is 0.164 e. The van der Waals surface area contributed by atoms with E-state index in [1.54, 1.807) is 11.3 Å². The van der Waals surface area contributed by atoms with Gasteiger partial charge in [0.2, 0.25) is 0 Å². The topological polar surface area (TPSA) is 17.1 Å². The molecule has 15 heavy (non-hydrogen) atoms. The van der Waals surface area contributed by atoms with Crippen molar-refractivity contribution in [2.75, 3.05) is 0 Å². The average Bonchev–Trinajstić information content (AvgIpc) is 2.69. The number of Topliss-reactive ketones (excluding diaryl/α,β-unsaturated/α-hetero) is 1. The summed E-state index contributed by atoms with van der Waals surface area (Å²) in [5.74, 6) is 0.286. The maximum absolute atomic E-state index is 11.9. The smallest absolute Gasteiger partial charge is 0.164 e. The molecule has 0 saturated heterocycles. The third kappa shape index (κ3) is 2.10. The van der Waals surface area contributed by atoms with Crippen molar-refractivity contribution in [1.82, 2.24) is 0 Å². The Morgan fingerprint density at radius 3 is 2.93 bits per heavy atom. The largest absolute Gasteiger partial charge is 0.294 e. The lowest BCUT2D eigenvalue weighted by Gasteiger charge is -1.97.